The van der Waals surface area contributed by atoms with Gasteiger partial charge in [-0.05, 0) is 48.2 Å². The van der Waals surface area contributed by atoms with Gasteiger partial charge in [0, 0.05) is 12.8 Å². The van der Waals surface area contributed by atoms with Crippen LogP contribution in [0.2, 0.25) is 0 Å². The molecule has 2 heterocycles. The van der Waals surface area contributed by atoms with Crippen molar-refractivity contribution in [1.29, 1.82) is 0 Å². The van der Waals surface area contributed by atoms with E-state index in [1.807, 2.05) is 76.2 Å². The van der Waals surface area contributed by atoms with Crippen molar-refractivity contribution in [1.82, 2.24) is 14.8 Å². The van der Waals surface area contributed by atoms with Gasteiger partial charge in [0.1, 0.15) is 6.61 Å². The van der Waals surface area contributed by atoms with Crippen molar-refractivity contribution in [3.63, 3.8) is 0 Å². The van der Waals surface area contributed by atoms with Crippen molar-refractivity contribution in [3.05, 3.63) is 95.8 Å². The van der Waals surface area contributed by atoms with Gasteiger partial charge in [0.25, 0.3) is 0 Å². The van der Waals surface area contributed by atoms with Crippen molar-refractivity contribution in [2.24, 2.45) is 0 Å². The Morgan fingerprint density at radius 3 is 2.12 bits per heavy atom. The quantitative estimate of drug-likeness (QED) is 0.384. The summed E-state index contributed by atoms with van der Waals surface area (Å²) in [7, 11) is 1.63. The average Bonchev–Trinajstić information content (AvgIpc) is 3.17. The smallest absolute Gasteiger partial charge is 0.242 e. The van der Waals surface area contributed by atoms with E-state index in [1.54, 1.807) is 7.11 Å². The maximum absolute atomic E-state index is 13.7. The summed E-state index contributed by atoms with van der Waals surface area (Å²) in [5.41, 5.74) is 5.22. The first-order valence-electron chi connectivity index (χ1n) is 10.9. The summed E-state index contributed by atoms with van der Waals surface area (Å²) in [6.45, 7) is 0.337. The molecule has 0 fully saturated rings. The van der Waals surface area contributed by atoms with Crippen LogP contribution in [0.4, 0.5) is 11.4 Å². The maximum Gasteiger partial charge on any atom is 0.242 e. The molecule has 0 spiro atoms. The average molecular weight is 457 g/mol. The Balaban J connectivity index is 1.46. The number of thioether (sulfide) groups is 1. The third kappa shape index (κ3) is 4.29. The lowest BCUT2D eigenvalue weighted by atomic mass is 10.0. The van der Waals surface area contributed by atoms with Crippen LogP contribution < -0.4 is 4.90 Å². The van der Waals surface area contributed by atoms with Crippen LogP contribution in [0.25, 0.3) is 5.69 Å². The van der Waals surface area contributed by atoms with E-state index in [0.717, 1.165) is 29.9 Å². The highest BCUT2D eigenvalue weighted by molar-refractivity contribution is 7.99. The van der Waals surface area contributed by atoms with E-state index in [9.17, 15) is 4.79 Å². The number of amides is 1. The third-order valence-corrected chi connectivity index (χ3v) is 6.60. The van der Waals surface area contributed by atoms with Crippen LogP contribution in [0.5, 0.6) is 0 Å². The zero-order chi connectivity index (χ0) is 22.6. The molecule has 0 bridgehead atoms. The summed E-state index contributed by atoms with van der Waals surface area (Å²) >= 11 is 1.39. The van der Waals surface area contributed by atoms with Crippen molar-refractivity contribution in [2.75, 3.05) is 17.8 Å². The normalized spacial score (nSPS) is 12.7. The lowest BCUT2D eigenvalue weighted by Gasteiger charge is -2.25. The third-order valence-electron chi connectivity index (χ3n) is 5.69. The molecule has 4 aromatic rings. The van der Waals surface area contributed by atoms with Crippen LogP contribution in [0, 0.1) is 0 Å². The minimum atomic E-state index is 0.0118. The van der Waals surface area contributed by atoms with E-state index >= 15 is 0 Å². The lowest BCUT2D eigenvalue weighted by Crippen LogP contribution is -2.28. The van der Waals surface area contributed by atoms with E-state index in [1.165, 1.54) is 22.9 Å². The number of anilines is 2. The number of hydrogen-bond donors (Lipinski definition) is 0. The van der Waals surface area contributed by atoms with Crippen molar-refractivity contribution in [2.45, 2.75) is 24.6 Å². The van der Waals surface area contributed by atoms with Gasteiger partial charge in [-0.2, -0.15) is 0 Å². The first-order chi connectivity index (χ1) is 16.3. The molecule has 33 heavy (non-hydrogen) atoms. The van der Waals surface area contributed by atoms with Crippen LogP contribution in [-0.2, 0) is 29.0 Å². The Morgan fingerprint density at radius 2 is 1.48 bits per heavy atom. The Labute approximate surface area is 197 Å². The molecular formula is C26H24N4O2S. The van der Waals surface area contributed by atoms with Crippen LogP contribution in [0.3, 0.4) is 0 Å². The van der Waals surface area contributed by atoms with Crippen LogP contribution in [0.15, 0.2) is 84.0 Å². The molecule has 3 aromatic carbocycles. The topological polar surface area (TPSA) is 60.3 Å². The molecule has 1 aliphatic rings. The summed E-state index contributed by atoms with van der Waals surface area (Å²) < 4.78 is 7.26. The number of methoxy groups -OCH3 is 1. The summed E-state index contributed by atoms with van der Waals surface area (Å²) in [6.07, 6.45) is 1.82. The Hall–Kier alpha value is -3.42. The number of hydrogen-bond acceptors (Lipinski definition) is 5. The van der Waals surface area contributed by atoms with E-state index in [-0.39, 0.29) is 11.7 Å². The second-order valence-electron chi connectivity index (χ2n) is 7.78. The zero-order valence-electron chi connectivity index (χ0n) is 18.3. The lowest BCUT2D eigenvalue weighted by molar-refractivity contribution is -0.115. The molecule has 1 aliphatic heterocycles. The van der Waals surface area contributed by atoms with E-state index in [0.29, 0.717) is 17.6 Å². The van der Waals surface area contributed by atoms with Gasteiger partial charge < -0.3 is 4.74 Å². The zero-order valence-corrected chi connectivity index (χ0v) is 19.2. The number of carbonyl (C=O) groups excluding carboxylic acids is 1. The number of rotatable bonds is 6. The molecule has 0 radical (unpaired) electrons. The first-order valence-corrected chi connectivity index (χ1v) is 11.8. The fourth-order valence-corrected chi connectivity index (χ4v) is 5.01. The Morgan fingerprint density at radius 1 is 0.879 bits per heavy atom. The van der Waals surface area contributed by atoms with Gasteiger partial charge in [0.2, 0.25) is 5.91 Å². The molecule has 166 valence electrons. The number of aryl methyl sites for hydroxylation is 2. The highest BCUT2D eigenvalue weighted by Crippen LogP contribution is 2.36. The number of aromatic nitrogens is 3. The highest BCUT2D eigenvalue weighted by Gasteiger charge is 2.26. The van der Waals surface area contributed by atoms with Crippen molar-refractivity contribution < 1.29 is 9.53 Å². The van der Waals surface area contributed by atoms with Gasteiger partial charge >= 0.3 is 0 Å². The second-order valence-corrected chi connectivity index (χ2v) is 8.72. The van der Waals surface area contributed by atoms with Crippen molar-refractivity contribution >= 4 is 29.0 Å². The summed E-state index contributed by atoms with van der Waals surface area (Å²) in [6, 6.07) is 26.2. The van der Waals surface area contributed by atoms with E-state index in [2.05, 4.69) is 22.3 Å². The molecule has 5 rings (SSSR count). The summed E-state index contributed by atoms with van der Waals surface area (Å²) in [5, 5.41) is 9.33. The highest BCUT2D eigenvalue weighted by atomic mass is 32.2. The first kappa shape index (κ1) is 21.4. The molecule has 0 unspecified atom stereocenters. The molecule has 1 aromatic heterocycles. The minimum absolute atomic E-state index is 0.0118. The van der Waals surface area contributed by atoms with Gasteiger partial charge in [-0.1, -0.05) is 66.4 Å². The fraction of sp³-hybridized carbons (Fsp3) is 0.192. The molecular weight excluding hydrogens is 432 g/mol. The summed E-state index contributed by atoms with van der Waals surface area (Å²) in [5.74, 6) is 0.947. The van der Waals surface area contributed by atoms with E-state index in [4.69, 9.17) is 4.74 Å². The number of benzene rings is 3. The SMILES string of the molecule is COCc1nnc(SCC(=O)N2c3ccccc3CCc3ccccc32)n1-c1ccccc1. The predicted octanol–water partition coefficient (Wildman–Crippen LogP) is 4.97. The van der Waals surface area contributed by atoms with Gasteiger partial charge in [-0.25, -0.2) is 0 Å². The number of fused-ring (bicyclic) bond motifs is 2. The van der Waals surface area contributed by atoms with Gasteiger partial charge in [-0.15, -0.1) is 10.2 Å². The number of carbonyl (C=O) groups is 1. The fourth-order valence-electron chi connectivity index (χ4n) is 4.19. The predicted molar refractivity (Wildman–Crippen MR) is 130 cm³/mol. The van der Waals surface area contributed by atoms with Crippen LogP contribution in [0.1, 0.15) is 17.0 Å². The monoisotopic (exact) mass is 456 g/mol. The van der Waals surface area contributed by atoms with Crippen LogP contribution in [-0.4, -0.2) is 33.5 Å². The molecule has 0 saturated carbocycles. The Kier molecular flexibility index (Phi) is 6.24. The molecule has 0 saturated heterocycles. The van der Waals surface area contributed by atoms with Gasteiger partial charge in [0.15, 0.2) is 11.0 Å². The molecule has 1 amide bonds. The molecule has 0 aliphatic carbocycles. The van der Waals surface area contributed by atoms with Crippen molar-refractivity contribution in [3.8, 4) is 5.69 Å². The molecule has 0 N–H and O–H groups in total. The number of ether oxygens (including phenoxy) is 1. The second kappa shape index (κ2) is 9.60. The van der Waals surface area contributed by atoms with E-state index < -0.39 is 0 Å². The largest absolute Gasteiger partial charge is 0.377 e. The Bertz CT molecular complexity index is 1220. The van der Waals surface area contributed by atoms with Crippen LogP contribution >= 0.6 is 11.8 Å². The minimum Gasteiger partial charge on any atom is -0.377 e. The maximum atomic E-state index is 13.7. The number of nitrogens with zero attached hydrogens (tertiary/aromatic N) is 4. The molecule has 7 heteroatoms. The summed E-state index contributed by atoms with van der Waals surface area (Å²) in [4.78, 5) is 15.5. The van der Waals surface area contributed by atoms with Gasteiger partial charge in [-0.3, -0.25) is 14.3 Å². The molecule has 6 nitrogen and oxygen atoms in total. The standard InChI is InChI=1S/C26H24N4O2S/c1-32-17-24-27-28-26(29(24)21-11-3-2-4-12-21)33-18-25(31)30-22-13-7-5-9-19(22)15-16-20-10-6-8-14-23(20)30/h2-14H,15-18H2,1H3. The number of para-hydroxylation sites is 3. The molecule has 0 atom stereocenters. The van der Waals surface area contributed by atoms with Gasteiger partial charge in [0.05, 0.1) is 17.1 Å².